The van der Waals surface area contributed by atoms with Crippen molar-refractivity contribution in [2.45, 2.75) is 58.2 Å². The molecule has 1 atom stereocenters. The maximum absolute atomic E-state index is 12.8. The van der Waals surface area contributed by atoms with Crippen LogP contribution in [0.2, 0.25) is 5.02 Å². The number of halogens is 1. The molecule has 0 bridgehead atoms. The van der Waals surface area contributed by atoms with Crippen molar-refractivity contribution in [1.29, 1.82) is 0 Å². The van der Waals surface area contributed by atoms with E-state index >= 15 is 0 Å². The second kappa shape index (κ2) is 11.0. The summed E-state index contributed by atoms with van der Waals surface area (Å²) in [7, 11) is 0. The second-order valence-corrected chi connectivity index (χ2v) is 8.14. The zero-order valence-electron chi connectivity index (χ0n) is 17.6. The van der Waals surface area contributed by atoms with E-state index in [2.05, 4.69) is 0 Å². The number of hydrogen-bond acceptors (Lipinski definition) is 5. The number of rotatable bonds is 3. The average molecular weight is 443 g/mol. The number of benzene rings is 2. The fourth-order valence-corrected chi connectivity index (χ4v) is 3.67. The van der Waals surface area contributed by atoms with Gasteiger partial charge in [0.05, 0.1) is 6.10 Å². The number of phenols is 1. The molecule has 0 aromatic heterocycles. The number of Topliss-reactive ketones (excluding diaryl/α,β-unsaturated/α-hetero) is 1. The Labute approximate surface area is 187 Å². The van der Waals surface area contributed by atoms with Crippen molar-refractivity contribution in [2.24, 2.45) is 0 Å². The molecule has 0 amide bonds. The number of cyclic esters (lactones) is 1. The normalized spacial score (nSPS) is 18.1. The van der Waals surface area contributed by atoms with Gasteiger partial charge in [-0.1, -0.05) is 42.0 Å². The first-order chi connectivity index (χ1) is 14.9. The lowest BCUT2D eigenvalue weighted by Crippen LogP contribution is -2.17. The standard InChI is InChI=1S/C25H27ClO5/c1-17-8-7-12-20(27)11-4-2-3-9-18-14-21(15-23(28)24(18)25(29)31-17)30-16-19-10-5-6-13-22(19)26/h3,5-6,9-10,13-15,17,28H,2,4,7-8,11-12,16H2,1H3/t17-/m0/s1. The average Bonchev–Trinajstić information content (AvgIpc) is 2.72. The number of esters is 1. The van der Waals surface area contributed by atoms with Gasteiger partial charge in [0.1, 0.15) is 29.5 Å². The van der Waals surface area contributed by atoms with Crippen molar-refractivity contribution in [3.8, 4) is 11.5 Å². The minimum absolute atomic E-state index is 0.112. The molecule has 6 heteroatoms. The summed E-state index contributed by atoms with van der Waals surface area (Å²) >= 11 is 6.18. The van der Waals surface area contributed by atoms with Crippen LogP contribution in [0.4, 0.5) is 0 Å². The Morgan fingerprint density at radius 1 is 1.16 bits per heavy atom. The predicted octanol–water partition coefficient (Wildman–Crippen LogP) is 6.11. The lowest BCUT2D eigenvalue weighted by atomic mass is 10.0. The van der Waals surface area contributed by atoms with Gasteiger partial charge in [-0.25, -0.2) is 4.79 Å². The summed E-state index contributed by atoms with van der Waals surface area (Å²) in [6.07, 6.45) is 7.07. The van der Waals surface area contributed by atoms with Crippen LogP contribution in [0.25, 0.3) is 6.08 Å². The molecule has 0 fully saturated rings. The fourth-order valence-electron chi connectivity index (χ4n) is 3.48. The molecule has 3 rings (SSSR count). The Balaban J connectivity index is 1.86. The molecule has 164 valence electrons. The molecular formula is C25H27ClO5. The van der Waals surface area contributed by atoms with Gasteiger partial charge >= 0.3 is 5.97 Å². The maximum Gasteiger partial charge on any atom is 0.342 e. The Kier molecular flexibility index (Phi) is 8.13. The van der Waals surface area contributed by atoms with E-state index in [9.17, 15) is 14.7 Å². The van der Waals surface area contributed by atoms with E-state index in [0.717, 1.165) is 12.0 Å². The molecule has 1 N–H and O–H groups in total. The lowest BCUT2D eigenvalue weighted by Gasteiger charge is -2.16. The van der Waals surface area contributed by atoms with E-state index in [4.69, 9.17) is 21.1 Å². The van der Waals surface area contributed by atoms with E-state index in [-0.39, 0.29) is 29.8 Å². The quantitative estimate of drug-likeness (QED) is 0.581. The summed E-state index contributed by atoms with van der Waals surface area (Å²) in [5, 5.41) is 11.2. The molecule has 5 nitrogen and oxygen atoms in total. The molecule has 0 unspecified atom stereocenters. The number of carbonyl (C=O) groups excluding carboxylic acids is 2. The van der Waals surface area contributed by atoms with Crippen LogP contribution in [0.3, 0.4) is 0 Å². The topological polar surface area (TPSA) is 72.8 Å². The summed E-state index contributed by atoms with van der Waals surface area (Å²) in [5.74, 6) is -0.142. The molecule has 1 heterocycles. The molecule has 0 saturated carbocycles. The highest BCUT2D eigenvalue weighted by Crippen LogP contribution is 2.31. The van der Waals surface area contributed by atoms with Crippen molar-refractivity contribution in [3.63, 3.8) is 0 Å². The third-order valence-electron chi connectivity index (χ3n) is 5.18. The van der Waals surface area contributed by atoms with Crippen LogP contribution in [-0.2, 0) is 16.1 Å². The van der Waals surface area contributed by atoms with Gasteiger partial charge < -0.3 is 14.6 Å². The molecule has 0 aliphatic carbocycles. The zero-order valence-corrected chi connectivity index (χ0v) is 18.4. The van der Waals surface area contributed by atoms with Crippen molar-refractivity contribution in [2.75, 3.05) is 0 Å². The van der Waals surface area contributed by atoms with Gasteiger partial charge in [0.15, 0.2) is 0 Å². The van der Waals surface area contributed by atoms with E-state index in [1.165, 1.54) is 6.07 Å². The smallest absolute Gasteiger partial charge is 0.342 e. The Morgan fingerprint density at radius 2 is 1.94 bits per heavy atom. The summed E-state index contributed by atoms with van der Waals surface area (Å²) in [5.41, 5.74) is 1.44. The first-order valence-electron chi connectivity index (χ1n) is 10.6. The number of ketones is 1. The summed E-state index contributed by atoms with van der Waals surface area (Å²) in [6.45, 7) is 2.02. The number of fused-ring (bicyclic) bond motifs is 1. The van der Waals surface area contributed by atoms with Gasteiger partial charge in [0.25, 0.3) is 0 Å². The van der Waals surface area contributed by atoms with Crippen LogP contribution in [0.5, 0.6) is 11.5 Å². The van der Waals surface area contributed by atoms with E-state index in [1.54, 1.807) is 25.1 Å². The highest BCUT2D eigenvalue weighted by Gasteiger charge is 2.21. The monoisotopic (exact) mass is 442 g/mol. The van der Waals surface area contributed by atoms with Crippen LogP contribution in [0.1, 0.15) is 66.9 Å². The van der Waals surface area contributed by atoms with E-state index in [0.29, 0.717) is 48.4 Å². The number of allylic oxidation sites excluding steroid dienone is 1. The van der Waals surface area contributed by atoms with E-state index in [1.807, 2.05) is 24.3 Å². The number of ether oxygens (including phenoxy) is 2. The van der Waals surface area contributed by atoms with Gasteiger partial charge in [-0.15, -0.1) is 0 Å². The van der Waals surface area contributed by atoms with Crippen LogP contribution in [0, 0.1) is 0 Å². The number of phenolic OH excluding ortho intramolecular Hbond substituents is 1. The molecule has 0 radical (unpaired) electrons. The first-order valence-corrected chi connectivity index (χ1v) is 10.9. The molecule has 1 aliphatic rings. The van der Waals surface area contributed by atoms with Crippen LogP contribution in [-0.4, -0.2) is 23.0 Å². The minimum atomic E-state index is -0.592. The van der Waals surface area contributed by atoms with Gasteiger partial charge in [0.2, 0.25) is 0 Å². The number of aromatic hydroxyl groups is 1. The van der Waals surface area contributed by atoms with Gasteiger partial charge in [-0.3, -0.25) is 4.79 Å². The third-order valence-corrected chi connectivity index (χ3v) is 5.54. The molecule has 2 aromatic carbocycles. The molecule has 0 spiro atoms. The van der Waals surface area contributed by atoms with Crippen molar-refractivity contribution >= 4 is 29.4 Å². The van der Waals surface area contributed by atoms with Crippen LogP contribution < -0.4 is 4.74 Å². The highest BCUT2D eigenvalue weighted by molar-refractivity contribution is 6.31. The predicted molar refractivity (Wildman–Crippen MR) is 121 cm³/mol. The van der Waals surface area contributed by atoms with Crippen molar-refractivity contribution < 1.29 is 24.2 Å². The molecule has 0 saturated heterocycles. The van der Waals surface area contributed by atoms with Crippen LogP contribution in [0.15, 0.2) is 42.5 Å². The SMILES string of the molecule is C[C@H]1CCCC(=O)CCCC=Cc2cc(OCc3ccccc3Cl)cc(O)c2C(=O)O1. The minimum Gasteiger partial charge on any atom is -0.507 e. The highest BCUT2D eigenvalue weighted by atomic mass is 35.5. The Morgan fingerprint density at radius 3 is 2.74 bits per heavy atom. The van der Waals surface area contributed by atoms with Gasteiger partial charge in [-0.05, 0) is 50.3 Å². The first kappa shape index (κ1) is 22.9. The van der Waals surface area contributed by atoms with Gasteiger partial charge in [-0.2, -0.15) is 0 Å². The van der Waals surface area contributed by atoms with Gasteiger partial charge in [0, 0.05) is 29.5 Å². The second-order valence-electron chi connectivity index (χ2n) is 7.73. The maximum atomic E-state index is 12.8. The van der Waals surface area contributed by atoms with E-state index < -0.39 is 5.97 Å². The van der Waals surface area contributed by atoms with Crippen molar-refractivity contribution in [3.05, 3.63) is 64.2 Å². The fraction of sp³-hybridized carbons (Fsp3) is 0.360. The summed E-state index contributed by atoms with van der Waals surface area (Å²) < 4.78 is 11.3. The largest absolute Gasteiger partial charge is 0.507 e. The molecule has 2 aromatic rings. The molecule has 31 heavy (non-hydrogen) atoms. The summed E-state index contributed by atoms with van der Waals surface area (Å²) in [4.78, 5) is 24.7. The lowest BCUT2D eigenvalue weighted by molar-refractivity contribution is -0.119. The Hall–Kier alpha value is -2.79. The van der Waals surface area contributed by atoms with Crippen molar-refractivity contribution in [1.82, 2.24) is 0 Å². The number of carbonyl (C=O) groups is 2. The molecular weight excluding hydrogens is 416 g/mol. The Bertz CT molecular complexity index is 966. The number of hydrogen-bond donors (Lipinski definition) is 1. The van der Waals surface area contributed by atoms with Crippen LogP contribution >= 0.6 is 11.6 Å². The molecule has 1 aliphatic heterocycles. The summed E-state index contributed by atoms with van der Waals surface area (Å²) in [6, 6.07) is 10.5. The zero-order chi connectivity index (χ0) is 22.2. The third kappa shape index (κ3) is 6.59.